The molecule has 1 unspecified atom stereocenters. The predicted molar refractivity (Wildman–Crippen MR) is 123 cm³/mol. The maximum atomic E-state index is 5.64. The molecule has 5 rings (SSSR count). The van der Waals surface area contributed by atoms with E-state index >= 15 is 0 Å². The van der Waals surface area contributed by atoms with Gasteiger partial charge in [0.1, 0.15) is 28.5 Å². The summed E-state index contributed by atoms with van der Waals surface area (Å²) in [6.07, 6.45) is 4.26. The highest BCUT2D eigenvalue weighted by Gasteiger charge is 2.36. The van der Waals surface area contributed by atoms with Crippen LogP contribution in [0.25, 0.3) is 22.4 Å². The molecule has 0 spiro atoms. The molecule has 1 aliphatic carbocycles. The molecule has 0 N–H and O–H groups in total. The number of aryl methyl sites for hydroxylation is 1. The molecular weight excluding hydrogens is 402 g/mol. The second-order valence-electron chi connectivity index (χ2n) is 8.19. The lowest BCUT2D eigenvalue weighted by atomic mass is 10.0. The summed E-state index contributed by atoms with van der Waals surface area (Å²) >= 11 is 0. The van der Waals surface area contributed by atoms with Crippen LogP contribution < -0.4 is 9.47 Å². The molecule has 164 valence electrons. The lowest BCUT2D eigenvalue weighted by Crippen LogP contribution is -2.16. The Balaban J connectivity index is 1.78. The molecule has 1 saturated carbocycles. The predicted octanol–water partition coefficient (Wildman–Crippen LogP) is 4.86. The Morgan fingerprint density at radius 1 is 0.969 bits per heavy atom. The lowest BCUT2D eigenvalue weighted by Gasteiger charge is -2.21. The van der Waals surface area contributed by atoms with Gasteiger partial charge in [-0.25, -0.2) is 4.98 Å². The van der Waals surface area contributed by atoms with Crippen LogP contribution in [0.5, 0.6) is 11.5 Å². The first kappa shape index (κ1) is 20.4. The monoisotopic (exact) mass is 429 g/mol. The molecule has 0 saturated heterocycles. The first-order valence-corrected chi connectivity index (χ1v) is 11.1. The SMILES string of the molecule is CCCc1nc2c(-c3c(OC)cccc3OC)nnnc2n1C(c1ccccc1)C1CC1. The summed E-state index contributed by atoms with van der Waals surface area (Å²) in [6.45, 7) is 2.17. The number of hydrogen-bond acceptors (Lipinski definition) is 6. The van der Waals surface area contributed by atoms with Crippen molar-refractivity contribution in [1.82, 2.24) is 25.0 Å². The summed E-state index contributed by atoms with van der Waals surface area (Å²) in [5.41, 5.74) is 4.14. The Morgan fingerprint density at radius 3 is 2.31 bits per heavy atom. The molecule has 0 amide bonds. The number of fused-ring (bicyclic) bond motifs is 1. The fourth-order valence-electron chi connectivity index (χ4n) is 4.52. The van der Waals surface area contributed by atoms with Crippen molar-refractivity contribution in [3.8, 4) is 22.8 Å². The number of nitrogens with zero attached hydrogens (tertiary/aromatic N) is 5. The second-order valence-corrected chi connectivity index (χ2v) is 8.19. The first-order chi connectivity index (χ1) is 15.8. The third-order valence-corrected chi connectivity index (χ3v) is 6.09. The third-order valence-electron chi connectivity index (χ3n) is 6.09. The molecule has 2 heterocycles. The molecule has 2 aromatic carbocycles. The van der Waals surface area contributed by atoms with Gasteiger partial charge in [0, 0.05) is 6.42 Å². The molecule has 7 nitrogen and oxygen atoms in total. The van der Waals surface area contributed by atoms with E-state index in [-0.39, 0.29) is 6.04 Å². The van der Waals surface area contributed by atoms with Gasteiger partial charge in [-0.05, 0) is 48.1 Å². The topological polar surface area (TPSA) is 75.0 Å². The summed E-state index contributed by atoms with van der Waals surface area (Å²) in [5.74, 6) is 2.92. The number of ether oxygens (including phenoxy) is 2. The Bertz CT molecular complexity index is 1210. The van der Waals surface area contributed by atoms with Crippen LogP contribution in [0.1, 0.15) is 43.6 Å². The van der Waals surface area contributed by atoms with E-state index in [4.69, 9.17) is 14.5 Å². The van der Waals surface area contributed by atoms with Crippen molar-refractivity contribution in [3.05, 3.63) is 59.9 Å². The number of hydrogen-bond donors (Lipinski definition) is 0. The van der Waals surface area contributed by atoms with E-state index in [9.17, 15) is 0 Å². The van der Waals surface area contributed by atoms with Crippen molar-refractivity contribution in [3.63, 3.8) is 0 Å². The van der Waals surface area contributed by atoms with Crippen molar-refractivity contribution in [2.75, 3.05) is 14.2 Å². The molecule has 32 heavy (non-hydrogen) atoms. The van der Waals surface area contributed by atoms with Gasteiger partial charge < -0.3 is 14.0 Å². The molecule has 1 atom stereocenters. The molecule has 4 aromatic rings. The zero-order valence-corrected chi connectivity index (χ0v) is 18.7. The average molecular weight is 430 g/mol. The Hall–Kier alpha value is -3.48. The summed E-state index contributed by atoms with van der Waals surface area (Å²) in [4.78, 5) is 5.07. The first-order valence-electron chi connectivity index (χ1n) is 11.1. The molecule has 7 heteroatoms. The Labute approximate surface area is 187 Å². The molecule has 1 aliphatic rings. The molecule has 1 fully saturated rings. The van der Waals surface area contributed by atoms with E-state index in [1.165, 1.54) is 18.4 Å². The highest BCUT2D eigenvalue weighted by Crippen LogP contribution is 2.46. The maximum Gasteiger partial charge on any atom is 0.187 e. The Morgan fingerprint density at radius 2 is 1.69 bits per heavy atom. The average Bonchev–Trinajstić information content (AvgIpc) is 3.61. The van der Waals surface area contributed by atoms with E-state index in [0.29, 0.717) is 23.1 Å². The number of aromatic nitrogens is 5. The number of methoxy groups -OCH3 is 2. The summed E-state index contributed by atoms with van der Waals surface area (Å²) < 4.78 is 13.6. The Kier molecular flexibility index (Phi) is 5.47. The highest BCUT2D eigenvalue weighted by molar-refractivity contribution is 5.91. The molecule has 0 radical (unpaired) electrons. The van der Waals surface area contributed by atoms with E-state index in [0.717, 1.165) is 35.4 Å². The van der Waals surface area contributed by atoms with Gasteiger partial charge in [0.15, 0.2) is 5.65 Å². The minimum absolute atomic E-state index is 0.187. The summed E-state index contributed by atoms with van der Waals surface area (Å²) in [7, 11) is 3.29. The zero-order valence-electron chi connectivity index (χ0n) is 18.7. The van der Waals surface area contributed by atoms with Crippen molar-refractivity contribution >= 4 is 11.2 Å². The fourth-order valence-corrected chi connectivity index (χ4v) is 4.52. The third kappa shape index (κ3) is 3.47. The minimum Gasteiger partial charge on any atom is -0.496 e. The zero-order chi connectivity index (χ0) is 22.1. The van der Waals surface area contributed by atoms with Gasteiger partial charge in [0.2, 0.25) is 0 Å². The quantitative estimate of drug-likeness (QED) is 0.398. The van der Waals surface area contributed by atoms with Gasteiger partial charge in [-0.2, -0.15) is 0 Å². The van der Waals surface area contributed by atoms with Gasteiger partial charge in [0.05, 0.1) is 25.8 Å². The minimum atomic E-state index is 0.187. The van der Waals surface area contributed by atoms with Gasteiger partial charge in [-0.1, -0.05) is 43.3 Å². The van der Waals surface area contributed by atoms with Crippen LogP contribution >= 0.6 is 0 Å². The van der Waals surface area contributed by atoms with E-state index in [2.05, 4.69) is 57.2 Å². The normalized spacial score (nSPS) is 14.5. The maximum absolute atomic E-state index is 5.64. The largest absolute Gasteiger partial charge is 0.496 e. The van der Waals surface area contributed by atoms with Gasteiger partial charge in [-0.3, -0.25) is 0 Å². The molecule has 0 bridgehead atoms. The second kappa shape index (κ2) is 8.57. The molecule has 2 aromatic heterocycles. The summed E-state index contributed by atoms with van der Waals surface area (Å²) in [5, 5.41) is 13.1. The van der Waals surface area contributed by atoms with Crippen LogP contribution in [0, 0.1) is 5.92 Å². The van der Waals surface area contributed by atoms with Gasteiger partial charge in [-0.15, -0.1) is 10.2 Å². The number of imidazole rings is 1. The highest BCUT2D eigenvalue weighted by atomic mass is 16.5. The van der Waals surface area contributed by atoms with Crippen molar-refractivity contribution in [1.29, 1.82) is 0 Å². The van der Waals surface area contributed by atoms with Crippen LogP contribution in [0.4, 0.5) is 0 Å². The van der Waals surface area contributed by atoms with E-state index in [1.54, 1.807) is 14.2 Å². The van der Waals surface area contributed by atoms with Crippen molar-refractivity contribution < 1.29 is 9.47 Å². The number of rotatable bonds is 8. The summed E-state index contributed by atoms with van der Waals surface area (Å²) in [6, 6.07) is 16.5. The smallest absolute Gasteiger partial charge is 0.187 e. The van der Waals surface area contributed by atoms with E-state index < -0.39 is 0 Å². The van der Waals surface area contributed by atoms with Gasteiger partial charge >= 0.3 is 0 Å². The molecular formula is C25H27N5O2. The molecule has 0 aliphatic heterocycles. The lowest BCUT2D eigenvalue weighted by molar-refractivity contribution is 0.397. The standard InChI is InChI=1S/C25H27N5O2/c1-4-9-20-26-23-22(21-18(31-2)12-8-13-19(21)32-3)27-29-28-25(23)30(20)24(17-14-15-17)16-10-6-5-7-11-16/h5-8,10-13,17,24H,4,9,14-15H2,1-3H3. The van der Waals surface area contributed by atoms with Crippen LogP contribution in [0.3, 0.4) is 0 Å². The van der Waals surface area contributed by atoms with E-state index in [1.807, 2.05) is 18.2 Å². The van der Waals surface area contributed by atoms with Crippen LogP contribution in [-0.4, -0.2) is 39.2 Å². The van der Waals surface area contributed by atoms with Crippen molar-refractivity contribution in [2.45, 2.75) is 38.6 Å². The van der Waals surface area contributed by atoms with Gasteiger partial charge in [0.25, 0.3) is 0 Å². The van der Waals surface area contributed by atoms with Crippen LogP contribution in [0.2, 0.25) is 0 Å². The number of benzene rings is 2. The van der Waals surface area contributed by atoms with Crippen molar-refractivity contribution in [2.24, 2.45) is 5.92 Å². The van der Waals surface area contributed by atoms with Crippen LogP contribution in [0.15, 0.2) is 48.5 Å². The van der Waals surface area contributed by atoms with Crippen LogP contribution in [-0.2, 0) is 6.42 Å². The fraction of sp³-hybridized carbons (Fsp3) is 0.360.